The molecular weight excluding hydrogens is 212 g/mol. The number of hydrogen-bond acceptors (Lipinski definition) is 3. The molecule has 0 fully saturated rings. The van der Waals surface area contributed by atoms with Gasteiger partial charge in [-0.05, 0) is 31.0 Å². The molecule has 0 aliphatic rings. The van der Waals surface area contributed by atoms with Crippen molar-refractivity contribution in [2.45, 2.75) is 45.4 Å². The number of benzene rings is 1. The Bertz CT molecular complexity index is 490. The molecule has 0 bridgehead atoms. The number of rotatable bonds is 5. The van der Waals surface area contributed by atoms with Crippen LogP contribution in [-0.4, -0.2) is 4.98 Å². The molecule has 1 heterocycles. The molecule has 0 amide bonds. The summed E-state index contributed by atoms with van der Waals surface area (Å²) in [5.41, 5.74) is 8.18. The maximum absolute atomic E-state index is 5.81. The van der Waals surface area contributed by atoms with E-state index in [0.29, 0.717) is 5.92 Å². The van der Waals surface area contributed by atoms with Gasteiger partial charge in [-0.3, -0.25) is 0 Å². The first-order chi connectivity index (χ1) is 8.24. The van der Waals surface area contributed by atoms with Gasteiger partial charge in [0.2, 0.25) is 0 Å². The third-order valence-electron chi connectivity index (χ3n) is 3.18. The molecule has 0 radical (unpaired) electrons. The fourth-order valence-electron chi connectivity index (χ4n) is 2.09. The summed E-state index contributed by atoms with van der Waals surface area (Å²) in [5.74, 6) is 1.30. The van der Waals surface area contributed by atoms with Gasteiger partial charge in [0, 0.05) is 11.6 Å². The second-order valence-electron chi connectivity index (χ2n) is 4.53. The molecule has 1 unspecified atom stereocenters. The molecule has 1 atom stereocenters. The molecule has 0 saturated heterocycles. The zero-order valence-corrected chi connectivity index (χ0v) is 10.6. The minimum atomic E-state index is 0.434. The Morgan fingerprint density at radius 1 is 1.35 bits per heavy atom. The highest BCUT2D eigenvalue weighted by molar-refractivity contribution is 5.76. The second kappa shape index (κ2) is 5.21. The zero-order chi connectivity index (χ0) is 12.3. The molecule has 3 nitrogen and oxygen atoms in total. The molecule has 92 valence electrons. The summed E-state index contributed by atoms with van der Waals surface area (Å²) in [5, 5.41) is 0. The summed E-state index contributed by atoms with van der Waals surface area (Å²) >= 11 is 0. The standard InChI is InChI=1S/C14H20N2O/c1-3-5-6-10(4-2)14-16-12-9-11(15)7-8-13(12)17-14/h7-10H,3-6,15H2,1-2H3. The Morgan fingerprint density at radius 2 is 2.18 bits per heavy atom. The third-order valence-corrected chi connectivity index (χ3v) is 3.18. The monoisotopic (exact) mass is 232 g/mol. The number of nitrogens with zero attached hydrogens (tertiary/aromatic N) is 1. The van der Waals surface area contributed by atoms with E-state index in [-0.39, 0.29) is 0 Å². The maximum atomic E-state index is 5.81. The van der Waals surface area contributed by atoms with Gasteiger partial charge in [0.1, 0.15) is 5.52 Å². The number of unbranched alkanes of at least 4 members (excludes halogenated alkanes) is 1. The van der Waals surface area contributed by atoms with Crippen molar-refractivity contribution in [3.8, 4) is 0 Å². The highest BCUT2D eigenvalue weighted by atomic mass is 16.3. The van der Waals surface area contributed by atoms with Gasteiger partial charge in [-0.15, -0.1) is 0 Å². The minimum absolute atomic E-state index is 0.434. The summed E-state index contributed by atoms with van der Waals surface area (Å²) in [6.07, 6.45) is 4.65. The second-order valence-corrected chi connectivity index (χ2v) is 4.53. The van der Waals surface area contributed by atoms with Crippen LogP contribution in [0.1, 0.15) is 51.3 Å². The fraction of sp³-hybridized carbons (Fsp3) is 0.500. The average Bonchev–Trinajstić information content (AvgIpc) is 2.72. The van der Waals surface area contributed by atoms with E-state index in [9.17, 15) is 0 Å². The van der Waals surface area contributed by atoms with E-state index in [0.717, 1.165) is 35.5 Å². The molecular formula is C14H20N2O. The Morgan fingerprint density at radius 3 is 2.88 bits per heavy atom. The summed E-state index contributed by atoms with van der Waals surface area (Å²) in [7, 11) is 0. The average molecular weight is 232 g/mol. The van der Waals surface area contributed by atoms with E-state index in [1.54, 1.807) is 0 Å². The van der Waals surface area contributed by atoms with Gasteiger partial charge >= 0.3 is 0 Å². The summed E-state index contributed by atoms with van der Waals surface area (Å²) in [6, 6.07) is 5.62. The van der Waals surface area contributed by atoms with Crippen molar-refractivity contribution in [1.29, 1.82) is 0 Å². The van der Waals surface area contributed by atoms with Crippen LogP contribution in [0.25, 0.3) is 11.1 Å². The lowest BCUT2D eigenvalue weighted by Gasteiger charge is -2.08. The molecule has 0 aliphatic heterocycles. The van der Waals surface area contributed by atoms with Crippen molar-refractivity contribution in [3.63, 3.8) is 0 Å². The Kier molecular flexibility index (Phi) is 3.67. The highest BCUT2D eigenvalue weighted by Gasteiger charge is 2.15. The van der Waals surface area contributed by atoms with Gasteiger partial charge < -0.3 is 10.2 Å². The predicted molar refractivity (Wildman–Crippen MR) is 71.0 cm³/mol. The molecule has 0 saturated carbocycles. The molecule has 17 heavy (non-hydrogen) atoms. The predicted octanol–water partition coefficient (Wildman–Crippen LogP) is 4.09. The lowest BCUT2D eigenvalue weighted by atomic mass is 9.99. The number of oxazole rings is 1. The largest absolute Gasteiger partial charge is 0.440 e. The third kappa shape index (κ3) is 2.60. The number of aromatic nitrogens is 1. The van der Waals surface area contributed by atoms with E-state index in [2.05, 4.69) is 18.8 Å². The van der Waals surface area contributed by atoms with Crippen molar-refractivity contribution < 1.29 is 4.42 Å². The van der Waals surface area contributed by atoms with E-state index in [1.807, 2.05) is 18.2 Å². The van der Waals surface area contributed by atoms with Crippen molar-refractivity contribution in [2.75, 3.05) is 5.73 Å². The molecule has 0 spiro atoms. The van der Waals surface area contributed by atoms with Crippen LogP contribution in [0.4, 0.5) is 5.69 Å². The van der Waals surface area contributed by atoms with Crippen LogP contribution < -0.4 is 5.73 Å². The number of nitrogens with two attached hydrogens (primary N) is 1. The normalized spacial score (nSPS) is 13.1. The number of nitrogen functional groups attached to an aromatic ring is 1. The molecule has 1 aromatic carbocycles. The van der Waals surface area contributed by atoms with Crippen LogP contribution in [0.2, 0.25) is 0 Å². The number of fused-ring (bicyclic) bond motifs is 1. The lowest BCUT2D eigenvalue weighted by molar-refractivity contribution is 0.434. The Balaban J connectivity index is 2.27. The molecule has 2 N–H and O–H groups in total. The lowest BCUT2D eigenvalue weighted by Crippen LogP contribution is -1.97. The van der Waals surface area contributed by atoms with Crippen molar-refractivity contribution >= 4 is 16.8 Å². The summed E-state index contributed by atoms with van der Waals surface area (Å²) in [4.78, 5) is 4.55. The molecule has 1 aromatic heterocycles. The summed E-state index contributed by atoms with van der Waals surface area (Å²) < 4.78 is 5.81. The quantitative estimate of drug-likeness (QED) is 0.790. The van der Waals surface area contributed by atoms with Gasteiger partial charge in [-0.2, -0.15) is 0 Å². The van der Waals surface area contributed by atoms with Gasteiger partial charge in [-0.1, -0.05) is 26.7 Å². The summed E-state index contributed by atoms with van der Waals surface area (Å²) in [6.45, 7) is 4.39. The van der Waals surface area contributed by atoms with Gasteiger partial charge in [0.25, 0.3) is 0 Å². The van der Waals surface area contributed by atoms with Crippen LogP contribution >= 0.6 is 0 Å². The van der Waals surface area contributed by atoms with Gasteiger partial charge in [-0.25, -0.2) is 4.98 Å². The number of anilines is 1. The first kappa shape index (κ1) is 12.0. The van der Waals surface area contributed by atoms with Crippen LogP contribution in [0.15, 0.2) is 22.6 Å². The van der Waals surface area contributed by atoms with E-state index in [4.69, 9.17) is 10.2 Å². The number of hydrogen-bond donors (Lipinski definition) is 1. The van der Waals surface area contributed by atoms with E-state index >= 15 is 0 Å². The van der Waals surface area contributed by atoms with Crippen LogP contribution in [0, 0.1) is 0 Å². The Labute approximate surface area is 102 Å². The first-order valence-corrected chi connectivity index (χ1v) is 6.40. The first-order valence-electron chi connectivity index (χ1n) is 6.40. The van der Waals surface area contributed by atoms with Crippen molar-refractivity contribution in [2.24, 2.45) is 0 Å². The molecule has 2 aromatic rings. The smallest absolute Gasteiger partial charge is 0.198 e. The Hall–Kier alpha value is -1.51. The molecule has 2 rings (SSSR count). The fourth-order valence-corrected chi connectivity index (χ4v) is 2.09. The molecule has 0 aliphatic carbocycles. The van der Waals surface area contributed by atoms with E-state index < -0.39 is 0 Å². The zero-order valence-electron chi connectivity index (χ0n) is 10.6. The van der Waals surface area contributed by atoms with Crippen LogP contribution in [0.3, 0.4) is 0 Å². The van der Waals surface area contributed by atoms with Crippen molar-refractivity contribution in [1.82, 2.24) is 4.98 Å². The van der Waals surface area contributed by atoms with Crippen LogP contribution in [-0.2, 0) is 0 Å². The highest BCUT2D eigenvalue weighted by Crippen LogP contribution is 2.28. The van der Waals surface area contributed by atoms with E-state index in [1.165, 1.54) is 12.8 Å². The SMILES string of the molecule is CCCCC(CC)c1nc2cc(N)ccc2o1. The topological polar surface area (TPSA) is 52.0 Å². The molecule has 3 heteroatoms. The maximum Gasteiger partial charge on any atom is 0.198 e. The van der Waals surface area contributed by atoms with Gasteiger partial charge in [0.05, 0.1) is 0 Å². The van der Waals surface area contributed by atoms with Crippen molar-refractivity contribution in [3.05, 3.63) is 24.1 Å². The minimum Gasteiger partial charge on any atom is -0.440 e. The van der Waals surface area contributed by atoms with Gasteiger partial charge in [0.15, 0.2) is 11.5 Å². The van der Waals surface area contributed by atoms with Crippen LogP contribution in [0.5, 0.6) is 0 Å².